The molecule has 0 fully saturated rings. The monoisotopic (exact) mass is 170 g/mol. The van der Waals surface area contributed by atoms with Gasteiger partial charge in [-0.15, -0.1) is 0 Å². The van der Waals surface area contributed by atoms with Crippen molar-refractivity contribution in [2.75, 3.05) is 13.2 Å². The van der Waals surface area contributed by atoms with Gasteiger partial charge in [0.25, 0.3) is 0 Å². The van der Waals surface area contributed by atoms with Crippen LogP contribution in [0.2, 0.25) is 0 Å². The van der Waals surface area contributed by atoms with E-state index in [1.807, 2.05) is 37.9 Å². The van der Waals surface area contributed by atoms with Crippen LogP contribution in [-0.4, -0.2) is 35.5 Å². The third kappa shape index (κ3) is 4.13. The minimum atomic E-state index is 0.171. The van der Waals surface area contributed by atoms with E-state index in [9.17, 15) is 0 Å². The molecule has 0 aromatic rings. The summed E-state index contributed by atoms with van der Waals surface area (Å²) in [5.74, 6) is 0. The van der Waals surface area contributed by atoms with Gasteiger partial charge in [0.05, 0.1) is 19.0 Å². The molecule has 12 heavy (non-hydrogen) atoms. The second kappa shape index (κ2) is 6.85. The summed E-state index contributed by atoms with van der Waals surface area (Å²) < 4.78 is 0. The zero-order valence-electron chi connectivity index (χ0n) is 8.07. The van der Waals surface area contributed by atoms with Gasteiger partial charge in [-0.1, -0.05) is 13.8 Å². The molecule has 3 nitrogen and oxygen atoms in total. The summed E-state index contributed by atoms with van der Waals surface area (Å²) in [6.07, 6.45) is 5.68. The molecule has 0 radical (unpaired) electrons. The van der Waals surface area contributed by atoms with Crippen molar-refractivity contribution in [1.29, 1.82) is 0 Å². The Morgan fingerprint density at radius 2 is 2.17 bits per heavy atom. The summed E-state index contributed by atoms with van der Waals surface area (Å²) in [6, 6.07) is 0.287. The number of aliphatic hydroxyl groups is 1. The molecule has 0 saturated carbocycles. The Bertz CT molecular complexity index is 141. The molecule has 1 aliphatic rings. The molecule has 0 aromatic carbocycles. The summed E-state index contributed by atoms with van der Waals surface area (Å²) in [5, 5.41) is 8.55. The van der Waals surface area contributed by atoms with Crippen molar-refractivity contribution in [3.63, 3.8) is 0 Å². The number of β-amino-alcohol motifs (C(OH)–C–C–N with tert-alkyl or cyclic N) is 1. The van der Waals surface area contributed by atoms with E-state index < -0.39 is 0 Å². The summed E-state index contributed by atoms with van der Waals surface area (Å²) in [4.78, 5) is 5.99. The molecular weight excluding hydrogens is 152 g/mol. The number of aliphatic hydroxyl groups excluding tert-OH is 1. The first-order chi connectivity index (χ1) is 5.83. The van der Waals surface area contributed by atoms with Gasteiger partial charge in [0.2, 0.25) is 0 Å². The molecular formula is C9H18N2O. The minimum absolute atomic E-state index is 0.171. The summed E-state index contributed by atoms with van der Waals surface area (Å²) >= 11 is 0. The van der Waals surface area contributed by atoms with Crippen LogP contribution in [0.15, 0.2) is 17.3 Å². The van der Waals surface area contributed by atoms with E-state index >= 15 is 0 Å². The number of hydrogen-bond donors (Lipinski definition) is 1. The van der Waals surface area contributed by atoms with Gasteiger partial charge in [-0.05, 0) is 13.0 Å². The molecule has 1 heterocycles. The lowest BCUT2D eigenvalue weighted by molar-refractivity contribution is 0.272. The molecule has 0 spiro atoms. The zero-order valence-corrected chi connectivity index (χ0v) is 8.07. The fourth-order valence-electron chi connectivity index (χ4n) is 0.762. The SMILES string of the molecule is CC.CC1C=CN(CCO)C=N1. The molecule has 0 aromatic heterocycles. The Balaban J connectivity index is 0.000000561. The second-order valence-corrected chi connectivity index (χ2v) is 2.31. The largest absolute Gasteiger partial charge is 0.395 e. The highest BCUT2D eigenvalue weighted by Gasteiger charge is 2.00. The Morgan fingerprint density at radius 3 is 2.58 bits per heavy atom. The molecule has 1 atom stereocenters. The average Bonchev–Trinajstić information content (AvgIpc) is 2.13. The van der Waals surface area contributed by atoms with Crippen molar-refractivity contribution in [3.05, 3.63) is 12.3 Å². The lowest BCUT2D eigenvalue weighted by Gasteiger charge is -2.17. The van der Waals surface area contributed by atoms with Crippen molar-refractivity contribution < 1.29 is 5.11 Å². The Labute approximate surface area is 74.4 Å². The van der Waals surface area contributed by atoms with Gasteiger partial charge in [-0.25, -0.2) is 0 Å². The van der Waals surface area contributed by atoms with Gasteiger partial charge in [-0.2, -0.15) is 0 Å². The van der Waals surface area contributed by atoms with E-state index in [0.717, 1.165) is 0 Å². The molecule has 0 aliphatic carbocycles. The van der Waals surface area contributed by atoms with Crippen molar-refractivity contribution in [1.82, 2.24) is 4.90 Å². The minimum Gasteiger partial charge on any atom is -0.395 e. The van der Waals surface area contributed by atoms with Crippen LogP contribution < -0.4 is 0 Å². The molecule has 1 N–H and O–H groups in total. The fraction of sp³-hybridized carbons (Fsp3) is 0.667. The van der Waals surface area contributed by atoms with Crippen molar-refractivity contribution >= 4 is 6.34 Å². The lowest BCUT2D eigenvalue weighted by Crippen LogP contribution is -2.23. The van der Waals surface area contributed by atoms with Crippen molar-refractivity contribution in [3.8, 4) is 0 Å². The summed E-state index contributed by atoms with van der Waals surface area (Å²) in [5.41, 5.74) is 0. The first-order valence-corrected chi connectivity index (χ1v) is 4.41. The predicted octanol–water partition coefficient (Wildman–Crippen LogP) is 1.25. The fourth-order valence-corrected chi connectivity index (χ4v) is 0.762. The van der Waals surface area contributed by atoms with Crippen molar-refractivity contribution in [2.45, 2.75) is 26.8 Å². The van der Waals surface area contributed by atoms with Crippen LogP contribution in [0.5, 0.6) is 0 Å². The standard InChI is InChI=1S/C7H12N2O.C2H6/c1-7-2-3-9(4-5-10)6-8-7;1-2/h2-3,6-7,10H,4-5H2,1H3;1-2H3. The number of hydrogen-bond acceptors (Lipinski definition) is 3. The van der Waals surface area contributed by atoms with Crippen LogP contribution in [0, 0.1) is 0 Å². The lowest BCUT2D eigenvalue weighted by atomic mass is 10.3. The van der Waals surface area contributed by atoms with E-state index in [1.54, 1.807) is 6.34 Å². The van der Waals surface area contributed by atoms with Crippen LogP contribution in [0.1, 0.15) is 20.8 Å². The first kappa shape index (κ1) is 11.2. The maximum Gasteiger partial charge on any atom is 0.0897 e. The van der Waals surface area contributed by atoms with E-state index in [4.69, 9.17) is 5.11 Å². The predicted molar refractivity (Wildman–Crippen MR) is 52.2 cm³/mol. The molecule has 0 amide bonds. The van der Waals surface area contributed by atoms with Gasteiger partial charge in [0, 0.05) is 12.7 Å². The Kier molecular flexibility index (Phi) is 6.38. The van der Waals surface area contributed by atoms with Gasteiger partial charge in [0.1, 0.15) is 0 Å². The summed E-state index contributed by atoms with van der Waals surface area (Å²) in [6.45, 7) is 6.82. The van der Waals surface area contributed by atoms with Crippen LogP contribution in [0.4, 0.5) is 0 Å². The van der Waals surface area contributed by atoms with Gasteiger partial charge in [-0.3, -0.25) is 4.99 Å². The second-order valence-electron chi connectivity index (χ2n) is 2.31. The first-order valence-electron chi connectivity index (χ1n) is 4.41. The number of aliphatic imine (C=N–C) groups is 1. The van der Waals surface area contributed by atoms with Gasteiger partial charge < -0.3 is 10.0 Å². The Hall–Kier alpha value is -0.830. The van der Waals surface area contributed by atoms with E-state index in [-0.39, 0.29) is 12.6 Å². The number of rotatable bonds is 2. The van der Waals surface area contributed by atoms with E-state index in [1.165, 1.54) is 0 Å². The van der Waals surface area contributed by atoms with Crippen LogP contribution in [0.3, 0.4) is 0 Å². The normalized spacial score (nSPS) is 20.3. The quantitative estimate of drug-likeness (QED) is 0.677. The zero-order chi connectivity index (χ0) is 9.40. The van der Waals surface area contributed by atoms with Gasteiger partial charge in [0.15, 0.2) is 0 Å². The summed E-state index contributed by atoms with van der Waals surface area (Å²) in [7, 11) is 0. The third-order valence-electron chi connectivity index (χ3n) is 1.36. The van der Waals surface area contributed by atoms with Crippen LogP contribution in [0.25, 0.3) is 0 Å². The van der Waals surface area contributed by atoms with Gasteiger partial charge >= 0.3 is 0 Å². The molecule has 3 heteroatoms. The third-order valence-corrected chi connectivity index (χ3v) is 1.36. The Morgan fingerprint density at radius 1 is 1.50 bits per heavy atom. The maximum atomic E-state index is 8.55. The number of nitrogens with zero attached hydrogens (tertiary/aromatic N) is 2. The van der Waals surface area contributed by atoms with E-state index in [0.29, 0.717) is 6.54 Å². The molecule has 0 saturated heterocycles. The van der Waals surface area contributed by atoms with E-state index in [2.05, 4.69) is 4.99 Å². The molecule has 70 valence electrons. The van der Waals surface area contributed by atoms with Crippen LogP contribution >= 0.6 is 0 Å². The molecule has 1 aliphatic heterocycles. The average molecular weight is 170 g/mol. The van der Waals surface area contributed by atoms with Crippen molar-refractivity contribution in [2.24, 2.45) is 4.99 Å². The molecule has 1 rings (SSSR count). The maximum absolute atomic E-state index is 8.55. The van der Waals surface area contributed by atoms with Crippen LogP contribution in [-0.2, 0) is 0 Å². The smallest absolute Gasteiger partial charge is 0.0897 e. The highest BCUT2D eigenvalue weighted by atomic mass is 16.3. The molecule has 0 bridgehead atoms. The highest BCUT2D eigenvalue weighted by Crippen LogP contribution is 1.99. The highest BCUT2D eigenvalue weighted by molar-refractivity contribution is 5.58. The molecule has 1 unspecified atom stereocenters. The topological polar surface area (TPSA) is 35.8 Å².